The second-order valence-corrected chi connectivity index (χ2v) is 7.76. The van der Waals surface area contributed by atoms with Gasteiger partial charge in [0.15, 0.2) is 0 Å². The Morgan fingerprint density at radius 3 is 2.58 bits per heavy atom. The summed E-state index contributed by atoms with van der Waals surface area (Å²) in [5.74, 6) is 0. The molecule has 174 valence electrons. The number of ether oxygens (including phenoxy) is 1. The van der Waals surface area contributed by atoms with Crippen LogP contribution in [-0.4, -0.2) is 63.5 Å². The zero-order valence-electron chi connectivity index (χ0n) is 17.8. The normalized spacial score (nSPS) is 19.4. The van der Waals surface area contributed by atoms with E-state index in [1.54, 1.807) is 19.2 Å². The molecule has 2 aliphatic rings. The fourth-order valence-electron chi connectivity index (χ4n) is 3.56. The molecule has 2 aromatic heterocycles. The van der Waals surface area contributed by atoms with Crippen molar-refractivity contribution >= 4 is 17.8 Å². The zero-order valence-corrected chi connectivity index (χ0v) is 17.8. The van der Waals surface area contributed by atoms with Crippen molar-refractivity contribution in [2.45, 2.75) is 32.1 Å². The summed E-state index contributed by atoms with van der Waals surface area (Å²) < 4.78 is 43.2. The van der Waals surface area contributed by atoms with E-state index in [0.29, 0.717) is 23.5 Å². The molecule has 1 fully saturated rings. The largest absolute Gasteiger partial charge is 0.448 e. The minimum atomic E-state index is -4.54. The van der Waals surface area contributed by atoms with Gasteiger partial charge in [0.05, 0.1) is 24.8 Å². The summed E-state index contributed by atoms with van der Waals surface area (Å²) in [6, 6.07) is 4.01. The van der Waals surface area contributed by atoms with E-state index in [-0.39, 0.29) is 13.2 Å². The number of nitrogens with one attached hydrogen (secondary N) is 1. The highest BCUT2D eigenvalue weighted by molar-refractivity contribution is 6.06. The van der Waals surface area contributed by atoms with Gasteiger partial charge in [0.25, 0.3) is 0 Å². The molecule has 3 amide bonds. The molecule has 0 radical (unpaired) electrons. The average molecular weight is 462 g/mol. The van der Waals surface area contributed by atoms with Gasteiger partial charge in [0.2, 0.25) is 0 Å². The molecular formula is C21H21F3N6O3. The number of hydrogen-bond donors (Lipinski definition) is 1. The van der Waals surface area contributed by atoms with E-state index in [2.05, 4.69) is 20.4 Å². The van der Waals surface area contributed by atoms with Crippen LogP contribution < -0.4 is 5.32 Å². The number of amides is 3. The van der Waals surface area contributed by atoms with Crippen LogP contribution in [0.4, 0.5) is 22.8 Å². The van der Waals surface area contributed by atoms with Gasteiger partial charge in [-0.25, -0.2) is 14.6 Å². The van der Waals surface area contributed by atoms with Gasteiger partial charge in [-0.2, -0.15) is 18.3 Å². The summed E-state index contributed by atoms with van der Waals surface area (Å²) in [5, 5.41) is 8.29. The number of hydrazone groups is 1. The Hall–Kier alpha value is -3.70. The van der Waals surface area contributed by atoms with Crippen molar-refractivity contribution in [3.8, 4) is 0 Å². The quantitative estimate of drug-likeness (QED) is 0.753. The monoisotopic (exact) mass is 462 g/mol. The SMILES string of the molecule is Cc1ccc(C2=NN(C(=O)N[C@H](C)c3ccc(C(F)(F)F)nc3)C[C@@H]2N2CCOC2=O)nc1. The van der Waals surface area contributed by atoms with E-state index in [1.807, 2.05) is 13.0 Å². The number of aromatic nitrogens is 2. The van der Waals surface area contributed by atoms with Crippen LogP contribution in [0.2, 0.25) is 0 Å². The number of carbonyl (C=O) groups is 2. The zero-order chi connectivity index (χ0) is 23.8. The highest BCUT2D eigenvalue weighted by Gasteiger charge is 2.41. The number of carbonyl (C=O) groups excluding carboxylic acids is 2. The summed E-state index contributed by atoms with van der Waals surface area (Å²) in [4.78, 5) is 34.3. The number of pyridine rings is 2. The predicted octanol–water partition coefficient (Wildman–Crippen LogP) is 3.12. The van der Waals surface area contributed by atoms with Crippen LogP contribution in [0, 0.1) is 6.92 Å². The molecule has 0 aromatic carbocycles. The van der Waals surface area contributed by atoms with Gasteiger partial charge in [-0.15, -0.1) is 0 Å². The van der Waals surface area contributed by atoms with E-state index >= 15 is 0 Å². The van der Waals surface area contributed by atoms with E-state index in [1.165, 1.54) is 16.0 Å². The summed E-state index contributed by atoms with van der Waals surface area (Å²) in [5.41, 5.74) is 1.32. The molecule has 0 bridgehead atoms. The van der Waals surface area contributed by atoms with Crippen molar-refractivity contribution in [1.29, 1.82) is 0 Å². The van der Waals surface area contributed by atoms with Crippen LogP contribution in [0.15, 0.2) is 41.8 Å². The average Bonchev–Trinajstić information content (AvgIpc) is 3.40. The lowest BCUT2D eigenvalue weighted by Gasteiger charge is -2.23. The molecule has 2 atom stereocenters. The first kappa shape index (κ1) is 22.5. The fourth-order valence-corrected chi connectivity index (χ4v) is 3.56. The number of cyclic esters (lactones) is 1. The molecule has 2 aliphatic heterocycles. The number of alkyl halides is 3. The summed E-state index contributed by atoms with van der Waals surface area (Å²) in [6.45, 7) is 4.20. The maximum absolute atomic E-state index is 12.9. The molecule has 0 unspecified atom stereocenters. The van der Waals surface area contributed by atoms with Crippen molar-refractivity contribution in [3.05, 3.63) is 59.2 Å². The van der Waals surface area contributed by atoms with Crippen LogP contribution in [-0.2, 0) is 10.9 Å². The number of halogens is 3. The van der Waals surface area contributed by atoms with Gasteiger partial charge in [0, 0.05) is 12.4 Å². The molecule has 1 saturated heterocycles. The third kappa shape index (κ3) is 4.73. The minimum Gasteiger partial charge on any atom is -0.448 e. The van der Waals surface area contributed by atoms with E-state index in [4.69, 9.17) is 4.74 Å². The number of urea groups is 1. The second kappa shape index (κ2) is 8.68. The molecule has 1 N–H and O–H groups in total. The molecule has 2 aromatic rings. The van der Waals surface area contributed by atoms with Crippen molar-refractivity contribution in [2.24, 2.45) is 5.10 Å². The predicted molar refractivity (Wildman–Crippen MR) is 110 cm³/mol. The third-order valence-electron chi connectivity index (χ3n) is 5.38. The van der Waals surface area contributed by atoms with Gasteiger partial charge in [0.1, 0.15) is 24.1 Å². The van der Waals surface area contributed by atoms with Crippen LogP contribution in [0.1, 0.15) is 35.5 Å². The lowest BCUT2D eigenvalue weighted by atomic mass is 10.1. The standard InChI is InChI=1S/C21H21F3N6O3/c1-12-3-5-15(25-9-12)18-16(29-7-8-33-20(29)32)11-30(28-18)19(31)27-13(2)14-4-6-17(26-10-14)21(22,23)24/h3-6,9-10,13,16H,7-8,11H2,1-2H3,(H,27,31)/t13-,16+/m1/s1. The van der Waals surface area contributed by atoms with Crippen LogP contribution in [0.25, 0.3) is 0 Å². The number of rotatable bonds is 4. The molecule has 0 aliphatic carbocycles. The van der Waals surface area contributed by atoms with E-state index in [0.717, 1.165) is 17.8 Å². The first-order valence-electron chi connectivity index (χ1n) is 10.2. The van der Waals surface area contributed by atoms with Gasteiger partial charge >= 0.3 is 18.3 Å². The van der Waals surface area contributed by atoms with E-state index < -0.39 is 36.1 Å². The Morgan fingerprint density at radius 1 is 1.21 bits per heavy atom. The van der Waals surface area contributed by atoms with Gasteiger partial charge in [-0.3, -0.25) is 14.9 Å². The molecule has 4 rings (SSSR count). The van der Waals surface area contributed by atoms with Crippen molar-refractivity contribution in [3.63, 3.8) is 0 Å². The molecule has 0 saturated carbocycles. The highest BCUT2D eigenvalue weighted by Crippen LogP contribution is 2.28. The van der Waals surface area contributed by atoms with Gasteiger partial charge in [-0.05, 0) is 37.1 Å². The number of nitrogens with zero attached hydrogens (tertiary/aromatic N) is 5. The number of aryl methyl sites for hydroxylation is 1. The Kier molecular flexibility index (Phi) is 5.91. The molecule has 33 heavy (non-hydrogen) atoms. The van der Waals surface area contributed by atoms with Crippen molar-refractivity contribution < 1.29 is 27.5 Å². The Labute approximate surface area is 187 Å². The van der Waals surface area contributed by atoms with Crippen LogP contribution in [0.5, 0.6) is 0 Å². The van der Waals surface area contributed by atoms with E-state index in [9.17, 15) is 22.8 Å². The lowest BCUT2D eigenvalue weighted by molar-refractivity contribution is -0.141. The Balaban J connectivity index is 1.52. The first-order valence-corrected chi connectivity index (χ1v) is 10.2. The minimum absolute atomic E-state index is 0.0871. The molecular weight excluding hydrogens is 441 g/mol. The maximum Gasteiger partial charge on any atom is 0.433 e. The number of hydrogen-bond acceptors (Lipinski definition) is 6. The maximum atomic E-state index is 12.9. The second-order valence-electron chi connectivity index (χ2n) is 7.76. The summed E-state index contributed by atoms with van der Waals surface area (Å²) in [7, 11) is 0. The highest BCUT2D eigenvalue weighted by atomic mass is 19.4. The molecule has 9 nitrogen and oxygen atoms in total. The molecule has 12 heteroatoms. The topological polar surface area (TPSA) is 100 Å². The van der Waals surface area contributed by atoms with Gasteiger partial charge < -0.3 is 10.1 Å². The summed E-state index contributed by atoms with van der Waals surface area (Å²) in [6.07, 6.45) is -2.29. The Morgan fingerprint density at radius 2 is 2.00 bits per heavy atom. The summed E-state index contributed by atoms with van der Waals surface area (Å²) >= 11 is 0. The van der Waals surface area contributed by atoms with Crippen molar-refractivity contribution in [2.75, 3.05) is 19.7 Å². The first-order chi connectivity index (χ1) is 15.6. The molecule has 0 spiro atoms. The van der Waals surface area contributed by atoms with Crippen LogP contribution >= 0.6 is 0 Å². The Bertz CT molecular complexity index is 1070. The molecule has 4 heterocycles. The third-order valence-corrected chi connectivity index (χ3v) is 5.38. The van der Waals surface area contributed by atoms with Crippen molar-refractivity contribution in [1.82, 2.24) is 25.2 Å². The fraction of sp³-hybridized carbons (Fsp3) is 0.381. The lowest BCUT2D eigenvalue weighted by Crippen LogP contribution is -2.46. The smallest absolute Gasteiger partial charge is 0.433 e. The van der Waals surface area contributed by atoms with Gasteiger partial charge in [-0.1, -0.05) is 12.1 Å². The van der Waals surface area contributed by atoms with Crippen LogP contribution in [0.3, 0.4) is 0 Å².